The summed E-state index contributed by atoms with van der Waals surface area (Å²) < 4.78 is 5.22. The van der Waals surface area contributed by atoms with E-state index in [9.17, 15) is 24.3 Å². The molecule has 1 aliphatic rings. The number of carbonyl (C=O) groups is 4. The molecule has 0 radical (unpaired) electrons. The standard InChI is InChI=1S/C36H39N7O6/c1-2-37-33(45)40-28-12-14-30-25(19-28)18-26-20-29(13-15-31(26)30)41-34(46)38-16-5-17-49-36(48)42-27-10-8-23(9-11-27)21-39-35(47)43-32-7-4-3-6-24(32)22-44/h3-4,6-15,19-20,44H,2,5,16-18,21-22H2,1H3,(H,42,48)(H2,37,40,45)(H2,38,41,46)(H2,39,43,47). The molecule has 4 aromatic carbocycles. The van der Waals surface area contributed by atoms with Crippen molar-refractivity contribution in [3.63, 3.8) is 0 Å². The molecule has 49 heavy (non-hydrogen) atoms. The van der Waals surface area contributed by atoms with Gasteiger partial charge >= 0.3 is 24.2 Å². The topological polar surface area (TPSA) is 182 Å². The van der Waals surface area contributed by atoms with E-state index in [1.807, 2.05) is 43.3 Å². The van der Waals surface area contributed by atoms with Crippen LogP contribution >= 0.6 is 0 Å². The van der Waals surface area contributed by atoms with E-state index >= 15 is 0 Å². The number of amides is 7. The second-order valence-corrected chi connectivity index (χ2v) is 11.2. The van der Waals surface area contributed by atoms with Crippen LogP contribution in [0.3, 0.4) is 0 Å². The molecule has 0 heterocycles. The van der Waals surface area contributed by atoms with E-state index in [1.54, 1.807) is 48.5 Å². The molecule has 0 spiro atoms. The number of carbonyl (C=O) groups excluding carboxylic acids is 4. The number of fused-ring (bicyclic) bond motifs is 3. The minimum absolute atomic E-state index is 0.108. The van der Waals surface area contributed by atoms with E-state index < -0.39 is 12.1 Å². The first kappa shape index (κ1) is 34.3. The molecule has 1 aliphatic carbocycles. The van der Waals surface area contributed by atoms with Gasteiger partial charge in [0.15, 0.2) is 0 Å². The highest BCUT2D eigenvalue weighted by molar-refractivity contribution is 5.92. The maximum Gasteiger partial charge on any atom is 0.411 e. The molecule has 0 aromatic heterocycles. The second kappa shape index (κ2) is 16.7. The third-order valence-corrected chi connectivity index (χ3v) is 7.66. The monoisotopic (exact) mass is 665 g/mol. The number of rotatable bonds is 12. The molecule has 4 aromatic rings. The highest BCUT2D eigenvalue weighted by Gasteiger charge is 2.20. The van der Waals surface area contributed by atoms with Crippen LogP contribution in [0.15, 0.2) is 84.9 Å². The van der Waals surface area contributed by atoms with Crippen molar-refractivity contribution in [2.75, 3.05) is 41.0 Å². The first-order valence-electron chi connectivity index (χ1n) is 15.9. The Morgan fingerprint density at radius 1 is 0.694 bits per heavy atom. The lowest BCUT2D eigenvalue weighted by atomic mass is 10.1. The van der Waals surface area contributed by atoms with Gasteiger partial charge in [-0.25, -0.2) is 19.2 Å². The summed E-state index contributed by atoms with van der Waals surface area (Å²) in [5, 5.41) is 28.7. The molecule has 0 unspecified atom stereocenters. The Balaban J connectivity index is 0.967. The van der Waals surface area contributed by atoms with Crippen molar-refractivity contribution in [1.82, 2.24) is 16.0 Å². The highest BCUT2D eigenvalue weighted by atomic mass is 16.5. The van der Waals surface area contributed by atoms with Crippen LogP contribution in [0.25, 0.3) is 11.1 Å². The number of benzene rings is 4. The molecular formula is C36H39N7O6. The smallest absolute Gasteiger partial charge is 0.411 e. The third kappa shape index (κ3) is 9.72. The maximum absolute atomic E-state index is 12.5. The van der Waals surface area contributed by atoms with E-state index in [1.165, 1.54) is 0 Å². The fourth-order valence-electron chi connectivity index (χ4n) is 5.31. The van der Waals surface area contributed by atoms with Gasteiger partial charge in [0.25, 0.3) is 0 Å². The van der Waals surface area contributed by atoms with Crippen molar-refractivity contribution in [1.29, 1.82) is 0 Å². The van der Waals surface area contributed by atoms with Gasteiger partial charge in [-0.3, -0.25) is 5.32 Å². The molecule has 13 nitrogen and oxygen atoms in total. The first-order valence-corrected chi connectivity index (χ1v) is 15.9. The number of ether oxygens (including phenoxy) is 1. The van der Waals surface area contributed by atoms with Crippen LogP contribution in [-0.2, 0) is 24.3 Å². The fourth-order valence-corrected chi connectivity index (χ4v) is 5.31. The molecular weight excluding hydrogens is 626 g/mol. The van der Waals surface area contributed by atoms with Crippen LogP contribution in [0.5, 0.6) is 0 Å². The van der Waals surface area contributed by atoms with Gasteiger partial charge in [0, 0.05) is 47.9 Å². The molecule has 254 valence electrons. The number of urea groups is 3. The lowest BCUT2D eigenvalue weighted by Crippen LogP contribution is -2.30. The molecule has 7 amide bonds. The lowest BCUT2D eigenvalue weighted by Gasteiger charge is -2.11. The third-order valence-electron chi connectivity index (χ3n) is 7.66. The summed E-state index contributed by atoms with van der Waals surface area (Å²) in [5.74, 6) is 0. The Kier molecular flexibility index (Phi) is 11.6. The van der Waals surface area contributed by atoms with E-state index in [0.29, 0.717) is 48.6 Å². The zero-order chi connectivity index (χ0) is 34.6. The Morgan fingerprint density at radius 2 is 1.31 bits per heavy atom. The molecule has 0 bridgehead atoms. The van der Waals surface area contributed by atoms with Crippen LogP contribution in [-0.4, -0.2) is 49.0 Å². The van der Waals surface area contributed by atoms with Crippen molar-refractivity contribution in [3.8, 4) is 11.1 Å². The lowest BCUT2D eigenvalue weighted by molar-refractivity contribution is 0.160. The quantitative estimate of drug-likeness (QED) is 0.0760. The number of hydrogen-bond acceptors (Lipinski definition) is 6. The number of aliphatic hydroxyl groups is 1. The van der Waals surface area contributed by atoms with Gasteiger partial charge in [0.1, 0.15) is 0 Å². The average Bonchev–Trinajstić information content (AvgIpc) is 3.45. The van der Waals surface area contributed by atoms with Crippen molar-refractivity contribution < 1.29 is 29.0 Å². The normalized spacial score (nSPS) is 11.0. The van der Waals surface area contributed by atoms with Crippen LogP contribution < -0.4 is 37.2 Å². The van der Waals surface area contributed by atoms with E-state index in [4.69, 9.17) is 4.74 Å². The second-order valence-electron chi connectivity index (χ2n) is 11.2. The Labute approximate surface area is 283 Å². The highest BCUT2D eigenvalue weighted by Crippen LogP contribution is 2.39. The van der Waals surface area contributed by atoms with Crippen molar-refractivity contribution in [2.24, 2.45) is 0 Å². The predicted octanol–water partition coefficient (Wildman–Crippen LogP) is 5.97. The summed E-state index contributed by atoms with van der Waals surface area (Å²) in [7, 11) is 0. The van der Waals surface area contributed by atoms with Crippen molar-refractivity contribution in [3.05, 3.63) is 107 Å². The number of anilines is 4. The van der Waals surface area contributed by atoms with Crippen molar-refractivity contribution >= 4 is 46.9 Å². The van der Waals surface area contributed by atoms with Crippen molar-refractivity contribution in [2.45, 2.75) is 32.9 Å². The van der Waals surface area contributed by atoms with Gasteiger partial charge in [0.05, 0.1) is 13.2 Å². The minimum Gasteiger partial charge on any atom is -0.449 e. The molecule has 13 heteroatoms. The van der Waals surface area contributed by atoms with Gasteiger partial charge in [0.2, 0.25) is 0 Å². The Hall–Kier alpha value is -6.08. The average molecular weight is 666 g/mol. The zero-order valence-corrected chi connectivity index (χ0v) is 27.0. The van der Waals surface area contributed by atoms with Gasteiger partial charge < -0.3 is 41.7 Å². The van der Waals surface area contributed by atoms with Crippen LogP contribution in [0.1, 0.15) is 35.6 Å². The van der Waals surface area contributed by atoms with Gasteiger partial charge in [-0.05, 0) is 90.0 Å². The van der Waals surface area contributed by atoms with E-state index in [2.05, 4.69) is 37.2 Å². The van der Waals surface area contributed by atoms with Crippen LogP contribution in [0.4, 0.5) is 41.9 Å². The van der Waals surface area contributed by atoms with Gasteiger partial charge in [-0.15, -0.1) is 0 Å². The first-order chi connectivity index (χ1) is 23.8. The Morgan fingerprint density at radius 3 is 1.96 bits per heavy atom. The number of hydrogen-bond donors (Lipinski definition) is 8. The number of nitrogens with one attached hydrogen (secondary N) is 7. The zero-order valence-electron chi connectivity index (χ0n) is 27.0. The fraction of sp³-hybridized carbons (Fsp3) is 0.222. The summed E-state index contributed by atoms with van der Waals surface area (Å²) in [6.07, 6.45) is 0.487. The van der Waals surface area contributed by atoms with Gasteiger partial charge in [-0.2, -0.15) is 0 Å². The molecule has 8 N–H and O–H groups in total. The number of aliphatic hydroxyl groups excluding tert-OH is 1. The molecule has 0 saturated heterocycles. The molecule has 0 fully saturated rings. The Bertz CT molecular complexity index is 1810. The number of para-hydroxylation sites is 1. The summed E-state index contributed by atoms with van der Waals surface area (Å²) in [6.45, 7) is 2.90. The SMILES string of the molecule is CCNC(=O)Nc1ccc2c(c1)Cc1cc(NC(=O)NCCCOC(=O)Nc3ccc(CNC(=O)Nc4ccccc4CO)cc3)ccc1-2. The van der Waals surface area contributed by atoms with Gasteiger partial charge in [-0.1, -0.05) is 42.5 Å². The van der Waals surface area contributed by atoms with Crippen LogP contribution in [0.2, 0.25) is 0 Å². The summed E-state index contributed by atoms with van der Waals surface area (Å²) in [6, 6.07) is 24.5. The van der Waals surface area contributed by atoms with E-state index in [-0.39, 0.29) is 31.8 Å². The molecule has 5 rings (SSSR count). The predicted molar refractivity (Wildman–Crippen MR) is 189 cm³/mol. The maximum atomic E-state index is 12.5. The summed E-state index contributed by atoms with van der Waals surface area (Å²) >= 11 is 0. The molecule has 0 aliphatic heterocycles. The van der Waals surface area contributed by atoms with Crippen LogP contribution in [0, 0.1) is 0 Å². The van der Waals surface area contributed by atoms with E-state index in [0.717, 1.165) is 33.5 Å². The molecule has 0 saturated carbocycles. The summed E-state index contributed by atoms with van der Waals surface area (Å²) in [4.78, 5) is 48.8. The largest absolute Gasteiger partial charge is 0.449 e. The summed E-state index contributed by atoms with van der Waals surface area (Å²) in [5.41, 5.74) is 8.26. The molecule has 0 atom stereocenters. The minimum atomic E-state index is -0.622.